The summed E-state index contributed by atoms with van der Waals surface area (Å²) in [7, 11) is 0. The quantitative estimate of drug-likeness (QED) is 0.727. The Morgan fingerprint density at radius 1 is 1.24 bits per heavy atom. The number of fused-ring (bicyclic) bond motifs is 1. The SMILES string of the molecule is O=C(O)c1n[nH]nc1S[C@H]1C[C@@H]2CN[C@H](c3ccc(Cl)c(Cl)c3)[C@H]2C1. The largest absolute Gasteiger partial charge is 0.476 e. The number of aromatic carboxylic acids is 1. The highest BCUT2D eigenvalue weighted by atomic mass is 35.5. The normalized spacial score (nSPS) is 28.2. The van der Waals surface area contributed by atoms with E-state index in [1.54, 1.807) is 0 Å². The molecule has 2 fully saturated rings. The van der Waals surface area contributed by atoms with Gasteiger partial charge in [0, 0.05) is 11.3 Å². The zero-order valence-electron chi connectivity index (χ0n) is 13.1. The maximum absolute atomic E-state index is 11.2. The fourth-order valence-corrected chi connectivity index (χ4v) is 5.57. The number of nitrogens with zero attached hydrogens (tertiary/aromatic N) is 2. The Hall–Kier alpha value is -1.28. The van der Waals surface area contributed by atoms with Crippen molar-refractivity contribution in [3.63, 3.8) is 0 Å². The summed E-state index contributed by atoms with van der Waals surface area (Å²) in [6.45, 7) is 0.956. The van der Waals surface area contributed by atoms with Crippen molar-refractivity contribution in [2.75, 3.05) is 6.54 Å². The third-order valence-corrected chi connectivity index (χ3v) is 7.00. The van der Waals surface area contributed by atoms with Crippen molar-refractivity contribution in [1.29, 1.82) is 0 Å². The molecule has 2 aliphatic rings. The Morgan fingerprint density at radius 2 is 2.08 bits per heavy atom. The number of carboxylic acids is 1. The van der Waals surface area contributed by atoms with E-state index in [2.05, 4.69) is 20.7 Å². The summed E-state index contributed by atoms with van der Waals surface area (Å²) in [6, 6.07) is 6.05. The standard InChI is InChI=1S/C16H16Cl2N4O2S/c17-11-2-1-7(4-12(11)18)13-10-5-9(3-8(10)6-19-13)25-15-14(16(23)24)20-22-21-15/h1-2,4,8-10,13,19H,3,5-6H2,(H,23,24)(H,20,21,22)/t8-,9+,10+,13-/m1/s1. The maximum atomic E-state index is 11.2. The summed E-state index contributed by atoms with van der Waals surface area (Å²) in [5.74, 6) is 0.0110. The molecule has 0 amide bonds. The molecule has 0 radical (unpaired) electrons. The summed E-state index contributed by atoms with van der Waals surface area (Å²) in [6.07, 6.45) is 2.03. The van der Waals surface area contributed by atoms with E-state index in [0.717, 1.165) is 24.9 Å². The molecule has 1 aromatic heterocycles. The van der Waals surface area contributed by atoms with Crippen LogP contribution in [0, 0.1) is 11.8 Å². The van der Waals surface area contributed by atoms with Crippen LogP contribution in [0.25, 0.3) is 0 Å². The molecular formula is C16H16Cl2N4O2S. The minimum Gasteiger partial charge on any atom is -0.476 e. The molecule has 0 spiro atoms. The van der Waals surface area contributed by atoms with Gasteiger partial charge in [-0.2, -0.15) is 5.21 Å². The second-order valence-corrected chi connectivity index (χ2v) is 8.58. The van der Waals surface area contributed by atoms with E-state index in [4.69, 9.17) is 28.3 Å². The molecule has 6 nitrogen and oxygen atoms in total. The number of hydrogen-bond donors (Lipinski definition) is 3. The maximum Gasteiger partial charge on any atom is 0.359 e. The van der Waals surface area contributed by atoms with Crippen molar-refractivity contribution in [2.45, 2.75) is 29.2 Å². The van der Waals surface area contributed by atoms with E-state index < -0.39 is 5.97 Å². The minimum absolute atomic E-state index is 0.00113. The predicted molar refractivity (Wildman–Crippen MR) is 96.4 cm³/mol. The number of aromatic amines is 1. The first-order valence-corrected chi connectivity index (χ1v) is 9.65. The Bertz CT molecular complexity index is 815. The highest BCUT2D eigenvalue weighted by Gasteiger charge is 2.44. The average molecular weight is 399 g/mol. The lowest BCUT2D eigenvalue weighted by atomic mass is 9.90. The van der Waals surface area contributed by atoms with Crippen LogP contribution in [0.4, 0.5) is 0 Å². The molecule has 3 N–H and O–H groups in total. The predicted octanol–water partition coefficient (Wildman–Crippen LogP) is 3.64. The van der Waals surface area contributed by atoms with Gasteiger partial charge < -0.3 is 10.4 Å². The average Bonchev–Trinajstić information content (AvgIpc) is 3.26. The van der Waals surface area contributed by atoms with Crippen LogP contribution in [0.5, 0.6) is 0 Å². The number of carboxylic acid groups (broad SMARTS) is 1. The van der Waals surface area contributed by atoms with Crippen molar-refractivity contribution < 1.29 is 9.90 Å². The molecule has 2 aromatic rings. The number of carbonyl (C=O) groups is 1. The fraction of sp³-hybridized carbons (Fsp3) is 0.438. The number of H-pyrrole nitrogens is 1. The smallest absolute Gasteiger partial charge is 0.359 e. The van der Waals surface area contributed by atoms with Gasteiger partial charge in [-0.15, -0.1) is 10.2 Å². The van der Waals surface area contributed by atoms with E-state index in [-0.39, 0.29) is 11.7 Å². The van der Waals surface area contributed by atoms with E-state index in [9.17, 15) is 4.79 Å². The van der Waals surface area contributed by atoms with Crippen molar-refractivity contribution in [3.8, 4) is 0 Å². The van der Waals surface area contributed by atoms with Gasteiger partial charge in [0.2, 0.25) is 5.69 Å². The van der Waals surface area contributed by atoms with Gasteiger partial charge >= 0.3 is 5.97 Å². The highest BCUT2D eigenvalue weighted by molar-refractivity contribution is 7.99. The molecule has 2 heterocycles. The first-order chi connectivity index (χ1) is 12.0. The van der Waals surface area contributed by atoms with Gasteiger partial charge in [-0.25, -0.2) is 4.79 Å². The molecule has 132 valence electrons. The van der Waals surface area contributed by atoms with Crippen LogP contribution >= 0.6 is 35.0 Å². The van der Waals surface area contributed by atoms with E-state index in [0.29, 0.717) is 32.2 Å². The first kappa shape index (κ1) is 17.1. The third-order valence-electron chi connectivity index (χ3n) is 5.03. The zero-order valence-corrected chi connectivity index (χ0v) is 15.4. The molecule has 9 heteroatoms. The third kappa shape index (κ3) is 3.26. The number of halogens is 2. The number of nitrogens with one attached hydrogen (secondary N) is 2. The summed E-state index contributed by atoms with van der Waals surface area (Å²) >= 11 is 13.7. The second kappa shape index (κ2) is 6.79. The van der Waals surface area contributed by atoms with Crippen molar-refractivity contribution in [2.24, 2.45) is 11.8 Å². The summed E-state index contributed by atoms with van der Waals surface area (Å²) in [5.41, 5.74) is 1.15. The second-order valence-electron chi connectivity index (χ2n) is 6.48. The van der Waals surface area contributed by atoms with Gasteiger partial charge in [-0.1, -0.05) is 41.0 Å². The van der Waals surface area contributed by atoms with Crippen LogP contribution in [0.1, 0.15) is 34.9 Å². The number of rotatable bonds is 4. The van der Waals surface area contributed by atoms with Crippen LogP contribution in [-0.2, 0) is 0 Å². The zero-order chi connectivity index (χ0) is 17.6. The Labute approximate surface area is 158 Å². The summed E-state index contributed by atoms with van der Waals surface area (Å²) in [4.78, 5) is 11.2. The Balaban J connectivity index is 1.48. The lowest BCUT2D eigenvalue weighted by molar-refractivity contribution is 0.0686. The molecule has 1 aliphatic heterocycles. The molecule has 1 aromatic carbocycles. The molecule has 1 saturated heterocycles. The van der Waals surface area contributed by atoms with Crippen LogP contribution in [0.2, 0.25) is 10.0 Å². The molecule has 1 aliphatic carbocycles. The minimum atomic E-state index is -1.05. The Morgan fingerprint density at radius 3 is 2.84 bits per heavy atom. The fourth-order valence-electron chi connectivity index (χ4n) is 3.94. The summed E-state index contributed by atoms with van der Waals surface area (Å²) in [5, 5.41) is 24.8. The van der Waals surface area contributed by atoms with Crippen LogP contribution in [0.3, 0.4) is 0 Å². The molecule has 0 unspecified atom stereocenters. The monoisotopic (exact) mass is 398 g/mol. The van der Waals surface area contributed by atoms with Crippen molar-refractivity contribution >= 4 is 40.9 Å². The van der Waals surface area contributed by atoms with Crippen molar-refractivity contribution in [1.82, 2.24) is 20.7 Å². The van der Waals surface area contributed by atoms with Crippen LogP contribution < -0.4 is 5.32 Å². The van der Waals surface area contributed by atoms with Crippen LogP contribution in [0.15, 0.2) is 23.2 Å². The summed E-state index contributed by atoms with van der Waals surface area (Å²) < 4.78 is 0. The number of benzene rings is 1. The van der Waals surface area contributed by atoms with Gasteiger partial charge in [0.15, 0.2) is 5.03 Å². The molecule has 4 atom stereocenters. The van der Waals surface area contributed by atoms with E-state index in [1.165, 1.54) is 11.8 Å². The molecule has 25 heavy (non-hydrogen) atoms. The van der Waals surface area contributed by atoms with Crippen molar-refractivity contribution in [3.05, 3.63) is 39.5 Å². The van der Waals surface area contributed by atoms with Gasteiger partial charge in [0.1, 0.15) is 0 Å². The van der Waals surface area contributed by atoms with E-state index >= 15 is 0 Å². The topological polar surface area (TPSA) is 90.9 Å². The van der Waals surface area contributed by atoms with Crippen LogP contribution in [-0.4, -0.2) is 38.3 Å². The van der Waals surface area contributed by atoms with Gasteiger partial charge in [-0.3, -0.25) is 0 Å². The van der Waals surface area contributed by atoms with E-state index in [1.807, 2.05) is 18.2 Å². The molecule has 1 saturated carbocycles. The lowest BCUT2D eigenvalue weighted by Gasteiger charge is -2.20. The number of aromatic nitrogens is 3. The molecular weight excluding hydrogens is 383 g/mol. The molecule has 0 bridgehead atoms. The van der Waals surface area contributed by atoms with Gasteiger partial charge in [0.05, 0.1) is 10.0 Å². The van der Waals surface area contributed by atoms with Gasteiger partial charge in [-0.05, 0) is 48.9 Å². The Kier molecular flexibility index (Phi) is 4.66. The highest BCUT2D eigenvalue weighted by Crippen LogP contribution is 2.49. The number of thioether (sulfide) groups is 1. The van der Waals surface area contributed by atoms with Gasteiger partial charge in [0.25, 0.3) is 0 Å². The number of hydrogen-bond acceptors (Lipinski definition) is 5. The first-order valence-electron chi connectivity index (χ1n) is 8.02. The lowest BCUT2D eigenvalue weighted by Crippen LogP contribution is -2.19. The molecule has 4 rings (SSSR count).